The van der Waals surface area contributed by atoms with E-state index in [1.807, 2.05) is 13.0 Å². The van der Waals surface area contributed by atoms with Gasteiger partial charge in [0.05, 0.1) is 12.0 Å². The summed E-state index contributed by atoms with van der Waals surface area (Å²) in [4.78, 5) is 38.9. The van der Waals surface area contributed by atoms with Crippen molar-refractivity contribution >= 4 is 17.5 Å². The number of aryl methyl sites for hydroxylation is 1. The van der Waals surface area contributed by atoms with Gasteiger partial charge in [-0.15, -0.1) is 0 Å². The predicted molar refractivity (Wildman–Crippen MR) is 109 cm³/mol. The molecule has 0 atom stereocenters. The molecule has 0 aliphatic carbocycles. The van der Waals surface area contributed by atoms with Crippen molar-refractivity contribution in [2.75, 3.05) is 39.9 Å². The number of carbonyl (C=O) groups is 2. The molecule has 1 fully saturated rings. The van der Waals surface area contributed by atoms with Gasteiger partial charge in [0.2, 0.25) is 0 Å². The van der Waals surface area contributed by atoms with Crippen LogP contribution >= 0.6 is 0 Å². The first-order valence-corrected chi connectivity index (χ1v) is 9.48. The highest BCUT2D eigenvalue weighted by atomic mass is 16.6. The molecule has 2 amide bonds. The summed E-state index contributed by atoms with van der Waals surface area (Å²) in [5, 5.41) is 11.0. The maximum Gasteiger partial charge on any atom is 0.310 e. The number of benzene rings is 2. The highest BCUT2D eigenvalue weighted by Gasteiger charge is 2.26. The fourth-order valence-corrected chi connectivity index (χ4v) is 3.26. The lowest BCUT2D eigenvalue weighted by atomic mass is 10.1. The molecule has 0 bridgehead atoms. The lowest BCUT2D eigenvalue weighted by molar-refractivity contribution is -0.385. The summed E-state index contributed by atoms with van der Waals surface area (Å²) >= 11 is 0. The third kappa shape index (κ3) is 4.68. The quantitative estimate of drug-likeness (QED) is 0.532. The smallest absolute Gasteiger partial charge is 0.310 e. The van der Waals surface area contributed by atoms with Crippen LogP contribution in [0.25, 0.3) is 0 Å². The van der Waals surface area contributed by atoms with Crippen LogP contribution in [0.2, 0.25) is 0 Å². The van der Waals surface area contributed by atoms with E-state index in [0.29, 0.717) is 37.5 Å². The zero-order valence-electron chi connectivity index (χ0n) is 16.9. The Labute approximate surface area is 173 Å². The molecule has 158 valence electrons. The molecule has 0 saturated carbocycles. The number of methoxy groups -OCH3 is 1. The Hall–Kier alpha value is -3.62. The van der Waals surface area contributed by atoms with E-state index in [9.17, 15) is 19.7 Å². The van der Waals surface area contributed by atoms with Gasteiger partial charge in [-0.3, -0.25) is 19.7 Å². The summed E-state index contributed by atoms with van der Waals surface area (Å²) in [6, 6.07) is 11.2. The van der Waals surface area contributed by atoms with Crippen molar-refractivity contribution in [3.05, 3.63) is 63.7 Å². The van der Waals surface area contributed by atoms with Gasteiger partial charge in [-0.1, -0.05) is 18.2 Å². The molecule has 0 spiro atoms. The Balaban J connectivity index is 1.54. The van der Waals surface area contributed by atoms with Gasteiger partial charge in [0, 0.05) is 37.8 Å². The number of nitro benzene ring substituents is 1. The predicted octanol–water partition coefficient (Wildman–Crippen LogP) is 2.28. The fourth-order valence-electron chi connectivity index (χ4n) is 3.26. The van der Waals surface area contributed by atoms with Crippen LogP contribution in [0.3, 0.4) is 0 Å². The first-order valence-electron chi connectivity index (χ1n) is 9.48. The van der Waals surface area contributed by atoms with Crippen molar-refractivity contribution < 1.29 is 24.0 Å². The van der Waals surface area contributed by atoms with E-state index in [4.69, 9.17) is 9.47 Å². The van der Waals surface area contributed by atoms with Crippen molar-refractivity contribution in [1.82, 2.24) is 9.80 Å². The minimum atomic E-state index is -0.551. The third-order valence-electron chi connectivity index (χ3n) is 4.99. The Morgan fingerprint density at radius 2 is 1.70 bits per heavy atom. The van der Waals surface area contributed by atoms with Crippen LogP contribution in [0.15, 0.2) is 42.5 Å². The fraction of sp³-hybridized carbons (Fsp3) is 0.333. The molecule has 9 nitrogen and oxygen atoms in total. The average Bonchev–Trinajstić information content (AvgIpc) is 2.77. The number of para-hydroxylation sites is 2. The summed E-state index contributed by atoms with van der Waals surface area (Å²) in [7, 11) is 1.56. The summed E-state index contributed by atoms with van der Waals surface area (Å²) < 4.78 is 10.6. The molecular formula is C21H23N3O6. The van der Waals surface area contributed by atoms with Crippen LogP contribution < -0.4 is 9.47 Å². The molecular weight excluding hydrogens is 390 g/mol. The Morgan fingerprint density at radius 3 is 2.37 bits per heavy atom. The molecule has 30 heavy (non-hydrogen) atoms. The van der Waals surface area contributed by atoms with Crippen LogP contribution in [0, 0.1) is 17.0 Å². The number of hydrogen-bond donors (Lipinski definition) is 0. The molecule has 1 aliphatic heterocycles. The van der Waals surface area contributed by atoms with E-state index < -0.39 is 4.92 Å². The second-order valence-electron chi connectivity index (χ2n) is 6.87. The van der Waals surface area contributed by atoms with Crippen LogP contribution in [0.4, 0.5) is 5.69 Å². The summed E-state index contributed by atoms with van der Waals surface area (Å²) in [6.07, 6.45) is 0. The molecule has 0 unspecified atom stereocenters. The molecule has 3 rings (SSSR count). The average molecular weight is 413 g/mol. The van der Waals surface area contributed by atoms with E-state index in [1.54, 1.807) is 35.1 Å². The number of piperazine rings is 1. The van der Waals surface area contributed by atoms with Gasteiger partial charge >= 0.3 is 5.69 Å². The molecule has 0 radical (unpaired) electrons. The number of amides is 2. The highest BCUT2D eigenvalue weighted by molar-refractivity contribution is 5.95. The van der Waals surface area contributed by atoms with Crippen molar-refractivity contribution in [2.24, 2.45) is 0 Å². The van der Waals surface area contributed by atoms with E-state index >= 15 is 0 Å². The lowest BCUT2D eigenvalue weighted by Gasteiger charge is -2.34. The number of nitrogens with zero attached hydrogens (tertiary/aromatic N) is 3. The van der Waals surface area contributed by atoms with E-state index in [1.165, 1.54) is 18.2 Å². The number of carbonyl (C=O) groups excluding carboxylic acids is 2. The van der Waals surface area contributed by atoms with Gasteiger partial charge in [-0.05, 0) is 30.7 Å². The molecule has 2 aromatic rings. The standard InChI is InChI=1S/C21H23N3O6/c1-15-7-8-16(13-19(15)29-2)21(26)23-11-9-22(10-12-23)20(25)14-30-18-6-4-3-5-17(18)24(27)28/h3-8,13H,9-12,14H2,1-2H3. The normalized spacial score (nSPS) is 13.7. The Bertz CT molecular complexity index is 954. The second kappa shape index (κ2) is 9.25. The molecule has 9 heteroatoms. The summed E-state index contributed by atoms with van der Waals surface area (Å²) in [5.41, 5.74) is 1.30. The van der Waals surface area contributed by atoms with Crippen LogP contribution in [-0.2, 0) is 4.79 Å². The summed E-state index contributed by atoms with van der Waals surface area (Å²) in [5.74, 6) is 0.314. The zero-order valence-corrected chi connectivity index (χ0v) is 16.9. The first-order chi connectivity index (χ1) is 14.4. The first kappa shape index (κ1) is 21.1. The number of hydrogen-bond acceptors (Lipinski definition) is 6. The molecule has 1 aliphatic rings. The van der Waals surface area contributed by atoms with Crippen molar-refractivity contribution in [2.45, 2.75) is 6.92 Å². The van der Waals surface area contributed by atoms with Gasteiger partial charge in [-0.2, -0.15) is 0 Å². The third-order valence-corrected chi connectivity index (χ3v) is 4.99. The van der Waals surface area contributed by atoms with E-state index in [2.05, 4.69) is 0 Å². The molecule has 2 aromatic carbocycles. The molecule has 0 N–H and O–H groups in total. The van der Waals surface area contributed by atoms with Gasteiger partial charge in [-0.25, -0.2) is 0 Å². The lowest BCUT2D eigenvalue weighted by Crippen LogP contribution is -2.51. The topological polar surface area (TPSA) is 102 Å². The van der Waals surface area contributed by atoms with Crippen molar-refractivity contribution in [3.63, 3.8) is 0 Å². The number of nitro groups is 1. The second-order valence-corrected chi connectivity index (χ2v) is 6.87. The molecule has 0 aromatic heterocycles. The minimum Gasteiger partial charge on any atom is -0.496 e. The Kier molecular flexibility index (Phi) is 6.51. The van der Waals surface area contributed by atoms with E-state index in [-0.39, 0.29) is 29.9 Å². The SMILES string of the molecule is COc1cc(C(=O)N2CCN(C(=O)COc3ccccc3[N+](=O)[O-])CC2)ccc1C. The van der Waals surface area contributed by atoms with Gasteiger partial charge in [0.25, 0.3) is 11.8 Å². The maximum absolute atomic E-state index is 12.7. The largest absolute Gasteiger partial charge is 0.496 e. The number of rotatable bonds is 6. The van der Waals surface area contributed by atoms with Crippen molar-refractivity contribution in [1.29, 1.82) is 0 Å². The van der Waals surface area contributed by atoms with Gasteiger partial charge < -0.3 is 19.3 Å². The maximum atomic E-state index is 12.7. The van der Waals surface area contributed by atoms with Crippen LogP contribution in [0.1, 0.15) is 15.9 Å². The highest BCUT2D eigenvalue weighted by Crippen LogP contribution is 2.26. The van der Waals surface area contributed by atoms with Gasteiger partial charge in [0.1, 0.15) is 5.75 Å². The Morgan fingerprint density at radius 1 is 1.03 bits per heavy atom. The van der Waals surface area contributed by atoms with E-state index in [0.717, 1.165) is 5.56 Å². The monoisotopic (exact) mass is 413 g/mol. The zero-order chi connectivity index (χ0) is 21.7. The van der Waals surface area contributed by atoms with Crippen molar-refractivity contribution in [3.8, 4) is 11.5 Å². The van der Waals surface area contributed by atoms with Crippen LogP contribution in [0.5, 0.6) is 11.5 Å². The minimum absolute atomic E-state index is 0.0537. The molecule has 1 heterocycles. The van der Waals surface area contributed by atoms with Gasteiger partial charge in [0.15, 0.2) is 12.4 Å². The summed E-state index contributed by atoms with van der Waals surface area (Å²) in [6.45, 7) is 3.14. The van der Waals surface area contributed by atoms with Crippen LogP contribution in [-0.4, -0.2) is 66.4 Å². The molecule has 1 saturated heterocycles. The number of ether oxygens (including phenoxy) is 2.